The highest BCUT2D eigenvalue weighted by Gasteiger charge is 2.45. The molecule has 0 amide bonds. The molecule has 0 radical (unpaired) electrons. The third-order valence-electron chi connectivity index (χ3n) is 4.69. The van der Waals surface area contributed by atoms with Crippen molar-refractivity contribution >= 4 is 10.2 Å². The van der Waals surface area contributed by atoms with Crippen LogP contribution in [0.1, 0.15) is 45.4 Å². The molecule has 1 aliphatic carbocycles. The van der Waals surface area contributed by atoms with Crippen molar-refractivity contribution in [2.24, 2.45) is 5.73 Å². The molecule has 0 spiro atoms. The minimum absolute atomic E-state index is 0.384. The van der Waals surface area contributed by atoms with E-state index in [9.17, 15) is 8.42 Å². The Kier molecular flexibility index (Phi) is 6.02. The second-order valence-electron chi connectivity index (χ2n) is 6.08. The van der Waals surface area contributed by atoms with E-state index in [-0.39, 0.29) is 5.54 Å². The molecule has 2 aliphatic rings. The van der Waals surface area contributed by atoms with E-state index in [0.717, 1.165) is 32.1 Å². The van der Waals surface area contributed by atoms with Crippen LogP contribution in [0.2, 0.25) is 0 Å². The van der Waals surface area contributed by atoms with Crippen molar-refractivity contribution in [3.8, 4) is 0 Å². The van der Waals surface area contributed by atoms with Crippen LogP contribution in [0.3, 0.4) is 0 Å². The van der Waals surface area contributed by atoms with Gasteiger partial charge in [0, 0.05) is 31.7 Å². The molecule has 2 fully saturated rings. The number of nitrogens with zero attached hydrogens (tertiary/aromatic N) is 2. The topological polar surface area (TPSA) is 75.9 Å². The highest BCUT2D eigenvalue weighted by Crippen LogP contribution is 2.35. The molecule has 1 aliphatic heterocycles. The molecule has 0 aromatic heterocycles. The first kappa shape index (κ1) is 17.1. The third-order valence-corrected chi connectivity index (χ3v) is 6.84. The normalized spacial score (nSPS) is 24.3. The van der Waals surface area contributed by atoms with Crippen LogP contribution < -0.4 is 5.73 Å². The van der Waals surface area contributed by atoms with Gasteiger partial charge in [-0.1, -0.05) is 26.2 Å². The molecule has 7 heteroatoms. The lowest BCUT2D eigenvalue weighted by Gasteiger charge is -2.46. The van der Waals surface area contributed by atoms with Crippen LogP contribution in [0.25, 0.3) is 0 Å². The first-order valence-electron chi connectivity index (χ1n) is 8.12. The lowest BCUT2D eigenvalue weighted by atomic mass is 9.81. The third kappa shape index (κ3) is 3.59. The summed E-state index contributed by atoms with van der Waals surface area (Å²) in [4.78, 5) is 0. The second-order valence-corrected chi connectivity index (χ2v) is 7.93. The maximum absolute atomic E-state index is 13.1. The van der Waals surface area contributed by atoms with Gasteiger partial charge in [0.05, 0.1) is 13.2 Å². The summed E-state index contributed by atoms with van der Waals surface area (Å²) in [5, 5.41) is 0. The van der Waals surface area contributed by atoms with E-state index in [1.807, 2.05) is 6.92 Å². The van der Waals surface area contributed by atoms with Gasteiger partial charge in [0.15, 0.2) is 0 Å². The SMILES string of the molecule is CCCN(C1(CN)CCCCC1)S(=O)(=O)N1CCOCC1. The number of hydrogen-bond acceptors (Lipinski definition) is 4. The summed E-state index contributed by atoms with van der Waals surface area (Å²) >= 11 is 0. The average molecular weight is 319 g/mol. The molecule has 1 saturated carbocycles. The average Bonchev–Trinajstić information content (AvgIpc) is 2.54. The standard InChI is InChI=1S/C14H29N3O3S/c1-2-8-17(14(13-15)6-4-3-5-7-14)21(18,19)16-9-11-20-12-10-16/h2-13,15H2,1H3. The van der Waals surface area contributed by atoms with Gasteiger partial charge in [-0.05, 0) is 19.3 Å². The van der Waals surface area contributed by atoms with Crippen LogP contribution in [0.4, 0.5) is 0 Å². The van der Waals surface area contributed by atoms with Crippen LogP contribution in [0.15, 0.2) is 0 Å². The summed E-state index contributed by atoms with van der Waals surface area (Å²) in [5.41, 5.74) is 5.66. The molecule has 2 N–H and O–H groups in total. The molecule has 0 atom stereocenters. The first-order valence-corrected chi connectivity index (χ1v) is 9.52. The molecule has 6 nitrogen and oxygen atoms in total. The Labute approximate surface area is 128 Å². The second kappa shape index (κ2) is 7.37. The predicted octanol–water partition coefficient (Wildman–Crippen LogP) is 0.937. The Hall–Kier alpha value is -0.210. The molecule has 2 rings (SSSR count). The molecule has 0 aromatic carbocycles. The van der Waals surface area contributed by atoms with Gasteiger partial charge in [0.1, 0.15) is 0 Å². The quantitative estimate of drug-likeness (QED) is 0.790. The Morgan fingerprint density at radius 1 is 1.19 bits per heavy atom. The van der Waals surface area contributed by atoms with Crippen LogP contribution in [-0.4, -0.2) is 62.0 Å². The zero-order valence-corrected chi connectivity index (χ0v) is 13.9. The van der Waals surface area contributed by atoms with Crippen LogP contribution >= 0.6 is 0 Å². The largest absolute Gasteiger partial charge is 0.379 e. The maximum Gasteiger partial charge on any atom is 0.282 e. The summed E-state index contributed by atoms with van der Waals surface area (Å²) < 4.78 is 34.7. The summed E-state index contributed by atoms with van der Waals surface area (Å²) in [6, 6.07) is 0. The van der Waals surface area contributed by atoms with Crippen LogP contribution in [0.5, 0.6) is 0 Å². The van der Waals surface area contributed by atoms with Crippen LogP contribution in [0, 0.1) is 0 Å². The number of rotatable bonds is 6. The number of ether oxygens (including phenoxy) is 1. The Bertz CT molecular complexity index is 415. The van der Waals surface area contributed by atoms with E-state index in [2.05, 4.69) is 0 Å². The molecule has 1 heterocycles. The minimum Gasteiger partial charge on any atom is -0.379 e. The highest BCUT2D eigenvalue weighted by atomic mass is 32.2. The monoisotopic (exact) mass is 319 g/mol. The maximum atomic E-state index is 13.1. The van der Waals surface area contributed by atoms with Gasteiger partial charge >= 0.3 is 0 Å². The van der Waals surface area contributed by atoms with E-state index in [1.54, 1.807) is 8.61 Å². The van der Waals surface area contributed by atoms with Crippen molar-refractivity contribution in [2.75, 3.05) is 39.4 Å². The molecule has 124 valence electrons. The number of hydrogen-bond donors (Lipinski definition) is 1. The fourth-order valence-electron chi connectivity index (χ4n) is 3.48. The zero-order valence-electron chi connectivity index (χ0n) is 13.1. The van der Waals surface area contributed by atoms with Crippen molar-refractivity contribution in [2.45, 2.75) is 51.0 Å². The fraction of sp³-hybridized carbons (Fsp3) is 1.00. The van der Waals surface area contributed by atoms with Gasteiger partial charge in [0.2, 0.25) is 0 Å². The van der Waals surface area contributed by atoms with Gasteiger partial charge in [0.25, 0.3) is 10.2 Å². The smallest absolute Gasteiger partial charge is 0.282 e. The summed E-state index contributed by atoms with van der Waals surface area (Å²) in [6.45, 7) is 4.85. The van der Waals surface area contributed by atoms with E-state index in [0.29, 0.717) is 39.4 Å². The van der Waals surface area contributed by atoms with Crippen molar-refractivity contribution in [3.63, 3.8) is 0 Å². The van der Waals surface area contributed by atoms with Gasteiger partial charge in [-0.2, -0.15) is 17.0 Å². The molecule has 21 heavy (non-hydrogen) atoms. The molecule has 0 aromatic rings. The van der Waals surface area contributed by atoms with Gasteiger partial charge in [-0.15, -0.1) is 0 Å². The first-order chi connectivity index (χ1) is 10.1. The van der Waals surface area contributed by atoms with Crippen molar-refractivity contribution in [3.05, 3.63) is 0 Å². The zero-order chi connectivity index (χ0) is 15.3. The predicted molar refractivity (Wildman–Crippen MR) is 83.2 cm³/mol. The van der Waals surface area contributed by atoms with Gasteiger partial charge in [-0.25, -0.2) is 0 Å². The molecule has 1 saturated heterocycles. The lowest BCUT2D eigenvalue weighted by Crippen LogP contribution is -2.61. The fourth-order valence-corrected chi connectivity index (χ4v) is 5.53. The van der Waals surface area contributed by atoms with E-state index in [1.165, 1.54) is 6.42 Å². The molecule has 0 unspecified atom stereocenters. The molecular formula is C14H29N3O3S. The number of nitrogens with two attached hydrogens (primary N) is 1. The molecular weight excluding hydrogens is 290 g/mol. The lowest BCUT2D eigenvalue weighted by molar-refractivity contribution is 0.0627. The number of morpholine rings is 1. The van der Waals surface area contributed by atoms with E-state index in [4.69, 9.17) is 10.5 Å². The Balaban J connectivity index is 2.27. The summed E-state index contributed by atoms with van der Waals surface area (Å²) in [6.07, 6.45) is 5.89. The van der Waals surface area contributed by atoms with Crippen molar-refractivity contribution in [1.82, 2.24) is 8.61 Å². The minimum atomic E-state index is -3.45. The van der Waals surface area contributed by atoms with Gasteiger partial charge in [-0.3, -0.25) is 0 Å². The summed E-state index contributed by atoms with van der Waals surface area (Å²) in [7, 11) is -3.45. The van der Waals surface area contributed by atoms with Gasteiger partial charge < -0.3 is 10.5 Å². The Morgan fingerprint density at radius 3 is 2.33 bits per heavy atom. The Morgan fingerprint density at radius 2 is 1.81 bits per heavy atom. The highest BCUT2D eigenvalue weighted by molar-refractivity contribution is 7.86. The van der Waals surface area contributed by atoms with Crippen LogP contribution in [-0.2, 0) is 14.9 Å². The van der Waals surface area contributed by atoms with E-state index >= 15 is 0 Å². The molecule has 0 bridgehead atoms. The van der Waals surface area contributed by atoms with Crippen molar-refractivity contribution < 1.29 is 13.2 Å². The van der Waals surface area contributed by atoms with Crippen molar-refractivity contribution in [1.29, 1.82) is 0 Å². The summed E-state index contributed by atoms with van der Waals surface area (Å²) in [5.74, 6) is 0. The van der Waals surface area contributed by atoms with E-state index < -0.39 is 10.2 Å².